The molecule has 1 unspecified atom stereocenters. The zero-order chi connectivity index (χ0) is 33.3. The van der Waals surface area contributed by atoms with Crippen LogP contribution in [0.1, 0.15) is 25.5 Å². The second-order valence-electron chi connectivity index (χ2n) is 12.3. The smallest absolute Gasteiger partial charge is 0.350 e. The third-order valence-electron chi connectivity index (χ3n) is 8.74. The van der Waals surface area contributed by atoms with Gasteiger partial charge in [-0.25, -0.2) is 19.0 Å². The first-order valence-corrected chi connectivity index (χ1v) is 16.8. The van der Waals surface area contributed by atoms with Crippen LogP contribution < -0.4 is 20.2 Å². The normalized spacial score (nSPS) is 19.7. The van der Waals surface area contributed by atoms with Gasteiger partial charge in [0.2, 0.25) is 5.79 Å². The van der Waals surface area contributed by atoms with Crippen molar-refractivity contribution in [3.63, 3.8) is 0 Å². The molecule has 2 atom stereocenters. The van der Waals surface area contributed by atoms with Crippen molar-refractivity contribution in [2.24, 2.45) is 0 Å². The van der Waals surface area contributed by atoms with Crippen molar-refractivity contribution in [3.05, 3.63) is 118 Å². The summed E-state index contributed by atoms with van der Waals surface area (Å²) in [5, 5.41) is 5.25. The lowest BCUT2D eigenvalue weighted by atomic mass is 10.1. The summed E-state index contributed by atoms with van der Waals surface area (Å²) in [4.78, 5) is 21.5. The van der Waals surface area contributed by atoms with Gasteiger partial charge in [0.05, 0.1) is 36.2 Å². The Morgan fingerprint density at radius 1 is 0.917 bits per heavy atom. The fraction of sp³-hybridized carbons (Fsp3) is 0.343. The van der Waals surface area contributed by atoms with Gasteiger partial charge in [-0.3, -0.25) is 0 Å². The summed E-state index contributed by atoms with van der Waals surface area (Å²) in [6, 6.07) is 21.6. The molecule has 5 aromatic rings. The second kappa shape index (κ2) is 13.7. The summed E-state index contributed by atoms with van der Waals surface area (Å²) in [7, 11) is 0. The summed E-state index contributed by atoms with van der Waals surface area (Å²) in [6.45, 7) is 8.50. The number of halogens is 2. The first kappa shape index (κ1) is 32.3. The van der Waals surface area contributed by atoms with Gasteiger partial charge in [0.15, 0.2) is 0 Å². The summed E-state index contributed by atoms with van der Waals surface area (Å²) < 4.78 is 23.9. The maximum absolute atomic E-state index is 12.6. The molecular formula is C35H37Cl2N7O4. The maximum Gasteiger partial charge on any atom is 0.350 e. The largest absolute Gasteiger partial charge is 0.491 e. The molecule has 48 heavy (non-hydrogen) atoms. The Balaban J connectivity index is 0.929. The van der Waals surface area contributed by atoms with Crippen LogP contribution in [0.3, 0.4) is 0 Å². The monoisotopic (exact) mass is 689 g/mol. The molecule has 2 saturated heterocycles. The number of aromatic nitrogens is 5. The molecule has 0 saturated carbocycles. The van der Waals surface area contributed by atoms with Gasteiger partial charge in [0.25, 0.3) is 0 Å². The molecule has 0 radical (unpaired) electrons. The molecular weight excluding hydrogens is 653 g/mol. The first-order valence-electron chi connectivity index (χ1n) is 16.0. The van der Waals surface area contributed by atoms with Gasteiger partial charge in [0, 0.05) is 60.5 Å². The summed E-state index contributed by atoms with van der Waals surface area (Å²) in [6.07, 6.45) is 6.57. The lowest BCUT2D eigenvalue weighted by Crippen LogP contribution is -2.46. The van der Waals surface area contributed by atoms with E-state index in [2.05, 4.69) is 44.1 Å². The van der Waals surface area contributed by atoms with Gasteiger partial charge in [-0.2, -0.15) is 5.10 Å². The van der Waals surface area contributed by atoms with E-state index in [9.17, 15) is 4.79 Å². The summed E-state index contributed by atoms with van der Waals surface area (Å²) in [5.74, 6) is -0.336. The standard InChI is InChI=1S/C35H37Cl2N7O4/c1-25(2)44-34(45)43(24-39-44)29-6-4-27(5-7-29)41-15-17-42(18-16-41)28-8-10-30(11-9-28)46-20-31-21-47-35(48-31,22-40-14-13-38-23-40)32-12-3-26(36)19-33(32)37/h3-14,19,23-25,31H,15-18,20-22H2,1-2H3/t31-,35?/m1/s1. The highest BCUT2D eigenvalue weighted by Gasteiger charge is 2.45. The van der Waals surface area contributed by atoms with E-state index >= 15 is 0 Å². The van der Waals surface area contributed by atoms with Crippen LogP contribution in [0.5, 0.6) is 5.75 Å². The zero-order valence-corrected chi connectivity index (χ0v) is 28.3. The highest BCUT2D eigenvalue weighted by Crippen LogP contribution is 2.40. The first-order chi connectivity index (χ1) is 23.3. The molecule has 0 bridgehead atoms. The molecule has 7 rings (SSSR count). The number of benzene rings is 3. The number of imidazole rings is 1. The zero-order valence-electron chi connectivity index (χ0n) is 26.8. The fourth-order valence-electron chi connectivity index (χ4n) is 6.21. The van der Waals surface area contributed by atoms with Crippen LogP contribution in [-0.2, 0) is 21.8 Å². The van der Waals surface area contributed by atoms with Gasteiger partial charge in [0.1, 0.15) is 24.8 Å². The lowest BCUT2D eigenvalue weighted by Gasteiger charge is -2.37. The number of hydrogen-bond acceptors (Lipinski definition) is 8. The van der Waals surface area contributed by atoms with Crippen molar-refractivity contribution >= 4 is 34.6 Å². The van der Waals surface area contributed by atoms with Crippen LogP contribution in [0.4, 0.5) is 11.4 Å². The highest BCUT2D eigenvalue weighted by atomic mass is 35.5. The molecule has 4 heterocycles. The molecule has 0 spiro atoms. The van der Waals surface area contributed by atoms with Crippen LogP contribution in [0.25, 0.3) is 5.69 Å². The molecule has 0 aliphatic carbocycles. The van der Waals surface area contributed by atoms with Crippen molar-refractivity contribution in [3.8, 4) is 11.4 Å². The van der Waals surface area contributed by atoms with E-state index in [0.717, 1.165) is 49.0 Å². The van der Waals surface area contributed by atoms with Gasteiger partial charge in [-0.1, -0.05) is 29.3 Å². The average Bonchev–Trinajstić information content (AvgIpc) is 3.85. The third-order valence-corrected chi connectivity index (χ3v) is 9.29. The topological polar surface area (TPSA) is 91.8 Å². The Labute approximate surface area is 288 Å². The van der Waals surface area contributed by atoms with Crippen LogP contribution in [-0.4, -0.2) is 69.4 Å². The van der Waals surface area contributed by atoms with Gasteiger partial charge < -0.3 is 28.6 Å². The number of hydrogen-bond donors (Lipinski definition) is 0. The maximum atomic E-state index is 12.6. The van der Waals surface area contributed by atoms with Crippen molar-refractivity contribution < 1.29 is 14.2 Å². The Morgan fingerprint density at radius 2 is 1.58 bits per heavy atom. The average molecular weight is 691 g/mol. The Hall–Kier alpha value is -4.29. The number of ether oxygens (including phenoxy) is 3. The fourth-order valence-corrected chi connectivity index (χ4v) is 6.76. The van der Waals surface area contributed by atoms with Crippen LogP contribution >= 0.6 is 23.2 Å². The van der Waals surface area contributed by atoms with E-state index in [1.54, 1.807) is 35.6 Å². The lowest BCUT2D eigenvalue weighted by molar-refractivity contribution is -0.189. The van der Waals surface area contributed by atoms with Crippen LogP contribution in [0, 0.1) is 0 Å². The highest BCUT2D eigenvalue weighted by molar-refractivity contribution is 6.35. The molecule has 13 heteroatoms. The van der Waals surface area contributed by atoms with Gasteiger partial charge in [-0.05, 0) is 74.5 Å². The second-order valence-corrected chi connectivity index (χ2v) is 13.1. The van der Waals surface area contributed by atoms with E-state index in [4.69, 9.17) is 37.4 Å². The molecule has 2 aliphatic heterocycles. The van der Waals surface area contributed by atoms with Crippen molar-refractivity contribution in [2.45, 2.75) is 38.3 Å². The molecule has 3 aromatic carbocycles. The predicted octanol–water partition coefficient (Wildman–Crippen LogP) is 5.79. The summed E-state index contributed by atoms with van der Waals surface area (Å²) >= 11 is 12.8. The van der Waals surface area contributed by atoms with E-state index in [-0.39, 0.29) is 17.8 Å². The van der Waals surface area contributed by atoms with Gasteiger partial charge in [-0.15, -0.1) is 0 Å². The Bertz CT molecular complexity index is 1890. The molecule has 2 fully saturated rings. The van der Waals surface area contributed by atoms with E-state index in [0.29, 0.717) is 35.4 Å². The minimum Gasteiger partial charge on any atom is -0.491 e. The summed E-state index contributed by atoms with van der Waals surface area (Å²) in [5.41, 5.74) is 3.67. The molecule has 0 amide bonds. The number of rotatable bonds is 10. The molecule has 250 valence electrons. The minimum absolute atomic E-state index is 0.0153. The predicted molar refractivity (Wildman–Crippen MR) is 186 cm³/mol. The minimum atomic E-state index is -1.10. The number of anilines is 2. The van der Waals surface area contributed by atoms with E-state index in [1.165, 1.54) is 4.68 Å². The third kappa shape index (κ3) is 6.68. The molecule has 2 aromatic heterocycles. The van der Waals surface area contributed by atoms with E-state index in [1.807, 2.05) is 54.9 Å². The van der Waals surface area contributed by atoms with E-state index < -0.39 is 5.79 Å². The van der Waals surface area contributed by atoms with Gasteiger partial charge >= 0.3 is 5.69 Å². The SMILES string of the molecule is CC(C)n1ncn(-c2ccc(N3CCN(c4ccc(OC[C@@H]5COC(Cn6ccnc6)(c6ccc(Cl)cc6Cl)O5)cc4)CC3)cc2)c1=O. The number of piperazine rings is 1. The molecule has 0 N–H and O–H groups in total. The Kier molecular flexibility index (Phi) is 9.19. The van der Waals surface area contributed by atoms with Crippen molar-refractivity contribution in [1.82, 2.24) is 23.9 Å². The van der Waals surface area contributed by atoms with Crippen LogP contribution in [0.15, 0.2) is 96.6 Å². The Morgan fingerprint density at radius 3 is 2.19 bits per heavy atom. The van der Waals surface area contributed by atoms with Crippen molar-refractivity contribution in [2.75, 3.05) is 49.2 Å². The van der Waals surface area contributed by atoms with Crippen molar-refractivity contribution in [1.29, 1.82) is 0 Å². The van der Waals surface area contributed by atoms with Crippen LogP contribution in [0.2, 0.25) is 10.0 Å². The number of nitrogens with zero attached hydrogens (tertiary/aromatic N) is 7. The quantitative estimate of drug-likeness (QED) is 0.182. The molecule has 11 nitrogen and oxygen atoms in total. The molecule has 2 aliphatic rings.